The molecular formula is C18H26Cl2Zr. The molecule has 0 atom stereocenters. The van der Waals surface area contributed by atoms with E-state index >= 15 is 0 Å². The van der Waals surface area contributed by atoms with E-state index in [1.54, 1.807) is 0 Å². The Labute approximate surface area is 162 Å². The van der Waals surface area contributed by atoms with Crippen LogP contribution in [0.5, 0.6) is 0 Å². The molecular weight excluding hydrogens is 378 g/mol. The first kappa shape index (κ1) is 26.1. The molecule has 0 heterocycles. The van der Waals surface area contributed by atoms with Crippen LogP contribution in [0.15, 0.2) is 36.4 Å². The Bertz CT molecular complexity index is 364. The molecule has 2 rings (SSSR count). The van der Waals surface area contributed by atoms with Gasteiger partial charge in [0.15, 0.2) is 0 Å². The first-order chi connectivity index (χ1) is 8.73. The van der Waals surface area contributed by atoms with E-state index in [0.717, 1.165) is 0 Å². The molecule has 21 heavy (non-hydrogen) atoms. The molecule has 0 radical (unpaired) electrons. The summed E-state index contributed by atoms with van der Waals surface area (Å²) in [6.07, 6.45) is 4.67. The van der Waals surface area contributed by atoms with Crippen LogP contribution in [-0.4, -0.2) is 0 Å². The largest absolute Gasteiger partial charge is 4.00 e. The zero-order valence-electron chi connectivity index (χ0n) is 13.5. The third kappa shape index (κ3) is 9.72. The zero-order chi connectivity index (χ0) is 13.4. The smallest absolute Gasteiger partial charge is 1.00 e. The van der Waals surface area contributed by atoms with Crippen molar-refractivity contribution in [2.24, 2.45) is 0 Å². The van der Waals surface area contributed by atoms with Crippen LogP contribution in [0.3, 0.4) is 0 Å². The SMILES string of the molecule is CCc1cc[c-](CC)c1.CCc1cc[c-](CC)c1.[Cl-].[Cl-].[Zr+4]. The van der Waals surface area contributed by atoms with Crippen molar-refractivity contribution in [1.29, 1.82) is 0 Å². The second kappa shape index (κ2) is 15.1. The molecule has 0 saturated heterocycles. The number of hydrogen-bond acceptors (Lipinski definition) is 0. The minimum absolute atomic E-state index is 0. The normalized spacial score (nSPS) is 8.57. The zero-order valence-corrected chi connectivity index (χ0v) is 17.5. The summed E-state index contributed by atoms with van der Waals surface area (Å²) in [6, 6.07) is 13.4. The Morgan fingerprint density at radius 2 is 1.05 bits per heavy atom. The third-order valence-electron chi connectivity index (χ3n) is 3.40. The molecule has 0 aliphatic heterocycles. The van der Waals surface area contributed by atoms with Gasteiger partial charge in [-0.1, -0.05) is 53.4 Å². The maximum Gasteiger partial charge on any atom is 4.00 e. The van der Waals surface area contributed by atoms with Crippen LogP contribution in [0, 0.1) is 0 Å². The molecule has 0 N–H and O–H groups in total. The monoisotopic (exact) mass is 402 g/mol. The average molecular weight is 405 g/mol. The van der Waals surface area contributed by atoms with Gasteiger partial charge in [-0.05, 0) is 0 Å². The van der Waals surface area contributed by atoms with Gasteiger partial charge in [-0.3, -0.25) is 0 Å². The van der Waals surface area contributed by atoms with Gasteiger partial charge in [0, 0.05) is 0 Å². The maximum absolute atomic E-state index is 2.28. The standard InChI is InChI=1S/2C9H13.2ClH.Zr/c2*1-3-8-5-6-9(4-2)7-8;;;/h2*5-7H,3-4H2,1-2H3;2*1H;/q2*-1;;;+4/p-2. The van der Waals surface area contributed by atoms with Crippen LogP contribution in [-0.2, 0) is 51.9 Å². The van der Waals surface area contributed by atoms with Crippen molar-refractivity contribution in [3.05, 3.63) is 58.7 Å². The fourth-order valence-corrected chi connectivity index (χ4v) is 1.98. The van der Waals surface area contributed by atoms with E-state index in [0.29, 0.717) is 0 Å². The van der Waals surface area contributed by atoms with Crippen LogP contribution in [0.2, 0.25) is 0 Å². The summed E-state index contributed by atoms with van der Waals surface area (Å²) in [7, 11) is 0. The molecule has 0 nitrogen and oxygen atoms in total. The van der Waals surface area contributed by atoms with Crippen LogP contribution in [0.4, 0.5) is 0 Å². The minimum atomic E-state index is 0. The Kier molecular flexibility index (Phi) is 18.7. The molecule has 116 valence electrons. The summed E-state index contributed by atoms with van der Waals surface area (Å²) in [5, 5.41) is 0. The predicted octanol–water partition coefficient (Wildman–Crippen LogP) is -0.934. The van der Waals surface area contributed by atoms with Gasteiger partial charge in [-0.2, -0.15) is 46.5 Å². The van der Waals surface area contributed by atoms with Crippen molar-refractivity contribution < 1.29 is 51.0 Å². The van der Waals surface area contributed by atoms with Gasteiger partial charge in [0.25, 0.3) is 0 Å². The van der Waals surface area contributed by atoms with Gasteiger partial charge in [-0.25, -0.2) is 12.1 Å². The molecule has 2 aromatic rings. The van der Waals surface area contributed by atoms with Crippen molar-refractivity contribution in [2.45, 2.75) is 53.4 Å². The second-order valence-electron chi connectivity index (χ2n) is 4.67. The van der Waals surface area contributed by atoms with Crippen LogP contribution < -0.4 is 24.8 Å². The molecule has 0 aliphatic rings. The van der Waals surface area contributed by atoms with E-state index in [9.17, 15) is 0 Å². The average Bonchev–Trinajstić information content (AvgIpc) is 3.07. The van der Waals surface area contributed by atoms with Crippen LogP contribution in [0.1, 0.15) is 49.9 Å². The van der Waals surface area contributed by atoms with Gasteiger partial charge < -0.3 is 24.8 Å². The molecule has 0 bridgehead atoms. The van der Waals surface area contributed by atoms with E-state index in [1.165, 1.54) is 47.9 Å². The number of halogens is 2. The molecule has 0 aromatic heterocycles. The molecule has 0 unspecified atom stereocenters. The molecule has 0 saturated carbocycles. The van der Waals surface area contributed by atoms with E-state index < -0.39 is 0 Å². The Balaban J connectivity index is -0.000000270. The maximum atomic E-state index is 2.28. The number of hydrogen-bond donors (Lipinski definition) is 0. The van der Waals surface area contributed by atoms with Gasteiger partial charge in [0.05, 0.1) is 0 Å². The fraction of sp³-hybridized carbons (Fsp3) is 0.444. The number of aryl methyl sites for hydroxylation is 4. The molecule has 3 heteroatoms. The molecule has 0 spiro atoms. The van der Waals surface area contributed by atoms with E-state index in [2.05, 4.69) is 64.1 Å². The van der Waals surface area contributed by atoms with Crippen LogP contribution >= 0.6 is 0 Å². The van der Waals surface area contributed by atoms with Crippen molar-refractivity contribution in [1.82, 2.24) is 0 Å². The molecule has 0 fully saturated rings. The quantitative estimate of drug-likeness (QED) is 0.578. The second-order valence-corrected chi connectivity index (χ2v) is 4.67. The Morgan fingerprint density at radius 3 is 1.19 bits per heavy atom. The summed E-state index contributed by atoms with van der Waals surface area (Å²) in [6.45, 7) is 8.76. The first-order valence-corrected chi connectivity index (χ1v) is 7.22. The summed E-state index contributed by atoms with van der Waals surface area (Å²) >= 11 is 0. The minimum Gasteiger partial charge on any atom is -1.00 e. The van der Waals surface area contributed by atoms with Crippen molar-refractivity contribution in [3.8, 4) is 0 Å². The topological polar surface area (TPSA) is 0 Å². The third-order valence-corrected chi connectivity index (χ3v) is 3.40. The summed E-state index contributed by atoms with van der Waals surface area (Å²) in [5.74, 6) is 0. The summed E-state index contributed by atoms with van der Waals surface area (Å²) < 4.78 is 0. The van der Waals surface area contributed by atoms with E-state index in [1.807, 2.05) is 0 Å². The fourth-order valence-electron chi connectivity index (χ4n) is 1.98. The molecule has 2 aromatic carbocycles. The van der Waals surface area contributed by atoms with Crippen molar-refractivity contribution in [2.75, 3.05) is 0 Å². The van der Waals surface area contributed by atoms with Gasteiger partial charge in [0.2, 0.25) is 0 Å². The van der Waals surface area contributed by atoms with Crippen molar-refractivity contribution in [3.63, 3.8) is 0 Å². The van der Waals surface area contributed by atoms with Crippen molar-refractivity contribution >= 4 is 0 Å². The predicted molar refractivity (Wildman–Crippen MR) is 81.6 cm³/mol. The van der Waals surface area contributed by atoms with Gasteiger partial charge >= 0.3 is 26.2 Å². The summed E-state index contributed by atoms with van der Waals surface area (Å²) in [5.41, 5.74) is 5.86. The Morgan fingerprint density at radius 1 is 0.714 bits per heavy atom. The van der Waals surface area contributed by atoms with E-state index in [4.69, 9.17) is 0 Å². The molecule has 0 amide bonds. The van der Waals surface area contributed by atoms with Gasteiger partial charge in [-0.15, -0.1) is 0 Å². The van der Waals surface area contributed by atoms with E-state index in [-0.39, 0.29) is 51.0 Å². The summed E-state index contributed by atoms with van der Waals surface area (Å²) in [4.78, 5) is 0. The molecule has 0 aliphatic carbocycles. The Hall–Kier alpha value is 0.163. The first-order valence-electron chi connectivity index (χ1n) is 7.22. The van der Waals surface area contributed by atoms with Gasteiger partial charge in [0.1, 0.15) is 0 Å². The van der Waals surface area contributed by atoms with Crippen LogP contribution in [0.25, 0.3) is 0 Å². The number of rotatable bonds is 4.